The third kappa shape index (κ3) is 6.32. The third-order valence-electron chi connectivity index (χ3n) is 3.13. The zero-order valence-corrected chi connectivity index (χ0v) is 14.0. The Morgan fingerprint density at radius 1 is 1.18 bits per heavy atom. The molecular formula is C16H27N3O3. The molecule has 0 fully saturated rings. The number of guanidine groups is 1. The van der Waals surface area contributed by atoms with Crippen LogP contribution in [0.5, 0.6) is 5.75 Å². The minimum absolute atomic E-state index is 0.605. The Morgan fingerprint density at radius 3 is 2.64 bits per heavy atom. The molecule has 0 aromatic heterocycles. The van der Waals surface area contributed by atoms with Crippen LogP contribution in [-0.2, 0) is 16.0 Å². The number of para-hydroxylation sites is 1. The maximum Gasteiger partial charge on any atom is 0.193 e. The van der Waals surface area contributed by atoms with Crippen molar-refractivity contribution in [2.45, 2.75) is 6.54 Å². The largest absolute Gasteiger partial charge is 0.496 e. The molecule has 1 N–H and O–H groups in total. The average molecular weight is 309 g/mol. The second kappa shape index (κ2) is 10.9. The number of methoxy groups -OCH3 is 2. The van der Waals surface area contributed by atoms with Gasteiger partial charge in [0.25, 0.3) is 0 Å². The Hall–Kier alpha value is -1.79. The van der Waals surface area contributed by atoms with Gasteiger partial charge in [-0.15, -0.1) is 0 Å². The molecule has 0 radical (unpaired) electrons. The molecule has 0 saturated heterocycles. The van der Waals surface area contributed by atoms with Crippen molar-refractivity contribution < 1.29 is 14.2 Å². The second-order valence-electron chi connectivity index (χ2n) is 4.75. The van der Waals surface area contributed by atoms with Gasteiger partial charge in [0, 0.05) is 39.9 Å². The highest BCUT2D eigenvalue weighted by molar-refractivity contribution is 5.79. The third-order valence-corrected chi connectivity index (χ3v) is 3.13. The molecule has 1 rings (SSSR count). The molecule has 0 heterocycles. The van der Waals surface area contributed by atoms with Gasteiger partial charge in [0.05, 0.1) is 26.9 Å². The van der Waals surface area contributed by atoms with Crippen LogP contribution in [-0.4, -0.2) is 65.5 Å². The van der Waals surface area contributed by atoms with Crippen molar-refractivity contribution in [3.63, 3.8) is 0 Å². The van der Waals surface area contributed by atoms with Crippen LogP contribution in [0.2, 0.25) is 0 Å². The van der Waals surface area contributed by atoms with E-state index in [0.29, 0.717) is 32.9 Å². The number of hydrogen-bond donors (Lipinski definition) is 1. The minimum atomic E-state index is 0.605. The summed E-state index contributed by atoms with van der Waals surface area (Å²) < 4.78 is 15.7. The summed E-state index contributed by atoms with van der Waals surface area (Å²) in [6.07, 6.45) is 0. The van der Waals surface area contributed by atoms with Crippen molar-refractivity contribution in [3.05, 3.63) is 29.8 Å². The number of nitrogens with one attached hydrogen (secondary N) is 1. The van der Waals surface area contributed by atoms with Gasteiger partial charge in [-0.3, -0.25) is 4.99 Å². The monoisotopic (exact) mass is 309 g/mol. The fourth-order valence-electron chi connectivity index (χ4n) is 2.03. The first-order chi connectivity index (χ1) is 10.7. The van der Waals surface area contributed by atoms with Gasteiger partial charge in [0.2, 0.25) is 0 Å². The first-order valence-electron chi connectivity index (χ1n) is 7.33. The van der Waals surface area contributed by atoms with E-state index in [1.54, 1.807) is 21.3 Å². The smallest absolute Gasteiger partial charge is 0.193 e. The summed E-state index contributed by atoms with van der Waals surface area (Å²) in [6, 6.07) is 7.98. The first kappa shape index (κ1) is 18.3. The lowest BCUT2D eigenvalue weighted by atomic mass is 10.2. The van der Waals surface area contributed by atoms with E-state index in [1.807, 2.05) is 30.1 Å². The number of rotatable bonds is 9. The number of benzene rings is 1. The highest BCUT2D eigenvalue weighted by atomic mass is 16.5. The molecule has 6 heteroatoms. The van der Waals surface area contributed by atoms with Gasteiger partial charge >= 0.3 is 0 Å². The van der Waals surface area contributed by atoms with E-state index in [1.165, 1.54) is 0 Å². The lowest BCUT2D eigenvalue weighted by Gasteiger charge is -2.23. The van der Waals surface area contributed by atoms with Crippen molar-refractivity contribution in [3.8, 4) is 5.75 Å². The molecular weight excluding hydrogens is 282 g/mol. The summed E-state index contributed by atoms with van der Waals surface area (Å²) in [5.74, 6) is 1.70. The van der Waals surface area contributed by atoms with Crippen molar-refractivity contribution in [1.82, 2.24) is 10.2 Å². The van der Waals surface area contributed by atoms with Crippen LogP contribution in [0.4, 0.5) is 0 Å². The zero-order valence-electron chi connectivity index (χ0n) is 14.0. The van der Waals surface area contributed by atoms with Gasteiger partial charge in [-0.2, -0.15) is 0 Å². The molecule has 0 aliphatic carbocycles. The van der Waals surface area contributed by atoms with Crippen LogP contribution in [0.25, 0.3) is 0 Å². The lowest BCUT2D eigenvalue weighted by molar-refractivity contribution is 0.0731. The predicted octanol–water partition coefficient (Wildman–Crippen LogP) is 1.37. The standard InChI is InChI=1S/C16H27N3O3/c1-17-16(18-9-10-22-12-11-20-3)19(2)13-14-7-5-6-8-15(14)21-4/h5-8H,9-13H2,1-4H3,(H,17,18). The summed E-state index contributed by atoms with van der Waals surface area (Å²) in [6.45, 7) is 3.25. The predicted molar refractivity (Wildman–Crippen MR) is 88.5 cm³/mol. The summed E-state index contributed by atoms with van der Waals surface area (Å²) in [4.78, 5) is 6.33. The van der Waals surface area contributed by atoms with Crippen molar-refractivity contribution in [1.29, 1.82) is 0 Å². The highest BCUT2D eigenvalue weighted by Gasteiger charge is 2.09. The van der Waals surface area contributed by atoms with E-state index >= 15 is 0 Å². The van der Waals surface area contributed by atoms with E-state index in [4.69, 9.17) is 14.2 Å². The second-order valence-corrected chi connectivity index (χ2v) is 4.75. The van der Waals surface area contributed by atoms with E-state index in [2.05, 4.69) is 16.4 Å². The van der Waals surface area contributed by atoms with Crippen LogP contribution in [0.3, 0.4) is 0 Å². The fourth-order valence-corrected chi connectivity index (χ4v) is 2.03. The average Bonchev–Trinajstić information content (AvgIpc) is 2.54. The summed E-state index contributed by atoms with van der Waals surface area (Å²) in [7, 11) is 7.11. The van der Waals surface area contributed by atoms with Crippen LogP contribution in [0, 0.1) is 0 Å². The van der Waals surface area contributed by atoms with Gasteiger partial charge in [0.1, 0.15) is 5.75 Å². The maximum absolute atomic E-state index is 5.42. The SMILES string of the molecule is CN=C(NCCOCCOC)N(C)Cc1ccccc1OC. The zero-order chi connectivity index (χ0) is 16.2. The first-order valence-corrected chi connectivity index (χ1v) is 7.33. The number of ether oxygens (including phenoxy) is 3. The van der Waals surface area contributed by atoms with Gasteiger partial charge in [-0.05, 0) is 6.07 Å². The van der Waals surface area contributed by atoms with E-state index in [9.17, 15) is 0 Å². The van der Waals surface area contributed by atoms with Crippen molar-refractivity contribution >= 4 is 5.96 Å². The summed E-state index contributed by atoms with van der Waals surface area (Å²) >= 11 is 0. The van der Waals surface area contributed by atoms with Crippen LogP contribution < -0.4 is 10.1 Å². The Bertz CT molecular complexity index is 452. The topological polar surface area (TPSA) is 55.3 Å². The molecule has 1 aromatic rings. The van der Waals surface area contributed by atoms with Crippen LogP contribution in [0.1, 0.15) is 5.56 Å². The van der Waals surface area contributed by atoms with Crippen molar-refractivity contribution in [2.24, 2.45) is 4.99 Å². The normalized spacial score (nSPS) is 11.4. The quantitative estimate of drug-likeness (QED) is 0.424. The van der Waals surface area contributed by atoms with Gasteiger partial charge in [-0.25, -0.2) is 0 Å². The fraction of sp³-hybridized carbons (Fsp3) is 0.562. The van der Waals surface area contributed by atoms with Crippen molar-refractivity contribution in [2.75, 3.05) is 54.7 Å². The maximum atomic E-state index is 5.42. The van der Waals surface area contributed by atoms with E-state index in [-0.39, 0.29) is 0 Å². The van der Waals surface area contributed by atoms with Gasteiger partial charge in [0.15, 0.2) is 5.96 Å². The minimum Gasteiger partial charge on any atom is -0.496 e. The summed E-state index contributed by atoms with van der Waals surface area (Å²) in [5.41, 5.74) is 1.12. The molecule has 0 aliphatic heterocycles. The number of nitrogens with zero attached hydrogens (tertiary/aromatic N) is 2. The molecule has 0 bridgehead atoms. The molecule has 0 spiro atoms. The summed E-state index contributed by atoms with van der Waals surface area (Å²) in [5, 5.41) is 3.27. The molecule has 0 aliphatic rings. The van der Waals surface area contributed by atoms with Gasteiger partial charge < -0.3 is 24.4 Å². The van der Waals surface area contributed by atoms with E-state index < -0.39 is 0 Å². The molecule has 0 unspecified atom stereocenters. The Kier molecular flexibility index (Phi) is 9.02. The Morgan fingerprint density at radius 2 is 1.95 bits per heavy atom. The highest BCUT2D eigenvalue weighted by Crippen LogP contribution is 2.18. The molecule has 0 atom stereocenters. The Balaban J connectivity index is 2.42. The number of aliphatic imine (C=N–C) groups is 1. The van der Waals surface area contributed by atoms with E-state index in [0.717, 1.165) is 17.3 Å². The molecule has 0 amide bonds. The van der Waals surface area contributed by atoms with Gasteiger partial charge in [-0.1, -0.05) is 18.2 Å². The molecule has 22 heavy (non-hydrogen) atoms. The number of hydrogen-bond acceptors (Lipinski definition) is 4. The van der Waals surface area contributed by atoms with Crippen LogP contribution >= 0.6 is 0 Å². The van der Waals surface area contributed by atoms with Crippen LogP contribution in [0.15, 0.2) is 29.3 Å². The Labute approximate surface area is 133 Å². The molecule has 124 valence electrons. The molecule has 6 nitrogen and oxygen atoms in total. The molecule has 0 saturated carbocycles. The molecule has 1 aromatic carbocycles. The lowest BCUT2D eigenvalue weighted by Crippen LogP contribution is -2.40.